The van der Waals surface area contributed by atoms with Crippen molar-refractivity contribution < 1.29 is 26.7 Å². The van der Waals surface area contributed by atoms with E-state index in [0.29, 0.717) is 44.0 Å². The van der Waals surface area contributed by atoms with Gasteiger partial charge in [-0.2, -0.15) is 4.31 Å². The van der Waals surface area contributed by atoms with Crippen molar-refractivity contribution in [3.63, 3.8) is 0 Å². The summed E-state index contributed by atoms with van der Waals surface area (Å²) in [6.45, 7) is 3.97. The van der Waals surface area contributed by atoms with Crippen LogP contribution in [0.2, 0.25) is 0 Å². The van der Waals surface area contributed by atoms with Gasteiger partial charge in [-0.05, 0) is 68.4 Å². The first-order valence-corrected chi connectivity index (χ1v) is 15.3. The minimum Gasteiger partial charge on any atom is -0.381 e. The molecule has 2 aromatic rings. The standard InChI is InChI=1S/C28H38F2N4O4S/c1-18-16-32-17-22(34(18)39(2,36)37)10-11-23-24(30)4-3-5-25(23)33-28(35)27(31)26(20-12-14-38-15-13-20)19-6-8-21(29)9-7-19/h3-9,18,20,22,26-27,32H,10-17,31H2,1-2H3,(H,33,35)/t18-,22+,26?,27+/m1/s1. The minimum atomic E-state index is -3.45. The Hall–Kier alpha value is -2.44. The number of rotatable bonds is 9. The third-order valence-corrected chi connectivity index (χ3v) is 9.24. The topological polar surface area (TPSA) is 114 Å². The fourth-order valence-corrected chi connectivity index (χ4v) is 7.43. The number of nitrogens with two attached hydrogens (primary N) is 1. The molecule has 0 spiro atoms. The van der Waals surface area contributed by atoms with Gasteiger partial charge in [-0.3, -0.25) is 4.79 Å². The van der Waals surface area contributed by atoms with Gasteiger partial charge in [0.25, 0.3) is 0 Å². The lowest BCUT2D eigenvalue weighted by atomic mass is 9.76. The number of anilines is 1. The number of benzene rings is 2. The van der Waals surface area contributed by atoms with Crippen LogP contribution in [0, 0.1) is 17.6 Å². The first kappa shape index (κ1) is 29.5. The fraction of sp³-hybridized carbons (Fsp3) is 0.536. The molecule has 0 saturated carbocycles. The molecule has 4 N–H and O–H groups in total. The Morgan fingerprint density at radius 3 is 2.51 bits per heavy atom. The molecule has 2 aromatic carbocycles. The van der Waals surface area contributed by atoms with E-state index in [1.54, 1.807) is 18.2 Å². The van der Waals surface area contributed by atoms with E-state index in [4.69, 9.17) is 10.5 Å². The monoisotopic (exact) mass is 564 g/mol. The largest absolute Gasteiger partial charge is 0.381 e. The van der Waals surface area contributed by atoms with Crippen molar-refractivity contribution in [2.75, 3.05) is 37.9 Å². The molecule has 0 aliphatic carbocycles. The molecule has 39 heavy (non-hydrogen) atoms. The first-order valence-electron chi connectivity index (χ1n) is 13.4. The quantitative estimate of drug-likeness (QED) is 0.432. The Labute approximate surface area is 229 Å². The van der Waals surface area contributed by atoms with E-state index in [2.05, 4.69) is 10.6 Å². The van der Waals surface area contributed by atoms with Crippen LogP contribution < -0.4 is 16.4 Å². The predicted octanol–water partition coefficient (Wildman–Crippen LogP) is 3.00. The van der Waals surface area contributed by atoms with Crippen molar-refractivity contribution in [1.29, 1.82) is 0 Å². The molecular formula is C28H38F2N4O4S. The molecule has 2 fully saturated rings. The zero-order chi connectivity index (χ0) is 28.2. The number of piperazine rings is 1. The molecule has 0 bridgehead atoms. The molecule has 0 aromatic heterocycles. The van der Waals surface area contributed by atoms with Gasteiger partial charge in [0, 0.05) is 55.6 Å². The van der Waals surface area contributed by atoms with E-state index in [-0.39, 0.29) is 36.2 Å². The molecule has 11 heteroatoms. The van der Waals surface area contributed by atoms with Crippen molar-refractivity contribution in [2.45, 2.75) is 56.7 Å². The van der Waals surface area contributed by atoms with Crippen molar-refractivity contribution in [2.24, 2.45) is 11.7 Å². The van der Waals surface area contributed by atoms with Crippen molar-refractivity contribution in [1.82, 2.24) is 9.62 Å². The highest BCUT2D eigenvalue weighted by atomic mass is 32.2. The summed E-state index contributed by atoms with van der Waals surface area (Å²) in [6.07, 6.45) is 3.23. The Bertz CT molecular complexity index is 1240. The lowest BCUT2D eigenvalue weighted by Gasteiger charge is -2.39. The fourth-order valence-electron chi connectivity index (χ4n) is 5.98. The number of sulfonamides is 1. The number of halogens is 2. The van der Waals surface area contributed by atoms with E-state index >= 15 is 4.39 Å². The molecule has 2 heterocycles. The highest BCUT2D eigenvalue weighted by Crippen LogP contribution is 2.35. The van der Waals surface area contributed by atoms with Gasteiger partial charge in [-0.15, -0.1) is 0 Å². The summed E-state index contributed by atoms with van der Waals surface area (Å²) in [5.74, 6) is -1.62. The maximum absolute atomic E-state index is 15.0. The molecule has 1 amide bonds. The molecule has 214 valence electrons. The van der Waals surface area contributed by atoms with E-state index in [9.17, 15) is 17.6 Å². The molecule has 0 radical (unpaired) electrons. The summed E-state index contributed by atoms with van der Waals surface area (Å²) >= 11 is 0. The SMILES string of the molecule is C[C@@H]1CNC[C@H](CCc2c(F)cccc2NC(=O)[C@@H](N)C(c2ccc(F)cc2)C2CCOCC2)N1S(C)(=O)=O. The number of carbonyl (C=O) groups excluding carboxylic acids is 1. The van der Waals surface area contributed by atoms with Crippen molar-refractivity contribution in [3.05, 3.63) is 65.2 Å². The minimum absolute atomic E-state index is 0.0692. The first-order chi connectivity index (χ1) is 18.6. The second-order valence-corrected chi connectivity index (χ2v) is 12.5. The number of hydrogen-bond acceptors (Lipinski definition) is 6. The van der Waals surface area contributed by atoms with Gasteiger partial charge in [0.1, 0.15) is 11.6 Å². The number of ether oxygens (including phenoxy) is 1. The maximum Gasteiger partial charge on any atom is 0.241 e. The molecule has 1 unspecified atom stereocenters. The van der Waals surface area contributed by atoms with E-state index in [1.807, 2.05) is 6.92 Å². The highest BCUT2D eigenvalue weighted by Gasteiger charge is 2.36. The summed E-state index contributed by atoms with van der Waals surface area (Å²) in [5.41, 5.74) is 7.93. The van der Waals surface area contributed by atoms with Crippen LogP contribution in [0.15, 0.2) is 42.5 Å². The Kier molecular flexibility index (Phi) is 9.71. The van der Waals surface area contributed by atoms with Gasteiger partial charge in [-0.1, -0.05) is 18.2 Å². The Morgan fingerprint density at radius 2 is 1.85 bits per heavy atom. The number of hydrogen-bond donors (Lipinski definition) is 3. The molecular weight excluding hydrogens is 526 g/mol. The summed E-state index contributed by atoms with van der Waals surface area (Å²) in [5, 5.41) is 6.08. The highest BCUT2D eigenvalue weighted by molar-refractivity contribution is 7.88. The van der Waals surface area contributed by atoms with Crippen LogP contribution in [0.4, 0.5) is 14.5 Å². The van der Waals surface area contributed by atoms with E-state index in [1.165, 1.54) is 34.8 Å². The second-order valence-electron chi connectivity index (χ2n) is 10.6. The molecule has 4 rings (SSSR count). The number of amides is 1. The Balaban J connectivity index is 1.53. The smallest absolute Gasteiger partial charge is 0.241 e. The summed E-state index contributed by atoms with van der Waals surface area (Å²) in [6, 6.07) is 8.98. The van der Waals surface area contributed by atoms with Crippen LogP contribution in [0.5, 0.6) is 0 Å². The maximum atomic E-state index is 15.0. The van der Waals surface area contributed by atoms with Crippen LogP contribution in [0.1, 0.15) is 43.2 Å². The van der Waals surface area contributed by atoms with Crippen LogP contribution >= 0.6 is 0 Å². The number of nitrogens with one attached hydrogen (secondary N) is 2. The van der Waals surface area contributed by atoms with Crippen molar-refractivity contribution >= 4 is 21.6 Å². The summed E-state index contributed by atoms with van der Waals surface area (Å²) < 4.78 is 60.5. The van der Waals surface area contributed by atoms with Gasteiger partial charge < -0.3 is 21.1 Å². The number of nitrogens with zero attached hydrogens (tertiary/aromatic N) is 1. The van der Waals surface area contributed by atoms with Crippen LogP contribution in [-0.2, 0) is 26.0 Å². The van der Waals surface area contributed by atoms with Crippen LogP contribution in [0.25, 0.3) is 0 Å². The third-order valence-electron chi connectivity index (χ3n) is 7.82. The summed E-state index contributed by atoms with van der Waals surface area (Å²) in [4.78, 5) is 13.5. The van der Waals surface area contributed by atoms with Crippen LogP contribution in [-0.4, -0.2) is 69.3 Å². The normalized spacial score (nSPS) is 22.8. The van der Waals surface area contributed by atoms with Gasteiger partial charge >= 0.3 is 0 Å². The lowest BCUT2D eigenvalue weighted by molar-refractivity contribution is -0.118. The zero-order valence-electron chi connectivity index (χ0n) is 22.4. The third kappa shape index (κ3) is 7.20. The van der Waals surface area contributed by atoms with Gasteiger partial charge in [0.15, 0.2) is 0 Å². The second kappa shape index (κ2) is 12.8. The molecule has 2 saturated heterocycles. The zero-order valence-corrected chi connectivity index (χ0v) is 23.2. The average Bonchev–Trinajstić information content (AvgIpc) is 2.89. The predicted molar refractivity (Wildman–Crippen MR) is 147 cm³/mol. The van der Waals surface area contributed by atoms with E-state index in [0.717, 1.165) is 18.4 Å². The average molecular weight is 565 g/mol. The summed E-state index contributed by atoms with van der Waals surface area (Å²) in [7, 11) is -3.45. The van der Waals surface area contributed by atoms with E-state index < -0.39 is 27.8 Å². The number of carbonyl (C=O) groups is 1. The van der Waals surface area contributed by atoms with Crippen molar-refractivity contribution in [3.8, 4) is 0 Å². The molecule has 4 atom stereocenters. The molecule has 2 aliphatic heterocycles. The van der Waals surface area contributed by atoms with Gasteiger partial charge in [-0.25, -0.2) is 17.2 Å². The van der Waals surface area contributed by atoms with Crippen LogP contribution in [0.3, 0.4) is 0 Å². The Morgan fingerprint density at radius 1 is 1.15 bits per heavy atom. The van der Waals surface area contributed by atoms with Gasteiger partial charge in [0.2, 0.25) is 15.9 Å². The molecule has 2 aliphatic rings. The molecule has 8 nitrogen and oxygen atoms in total. The van der Waals surface area contributed by atoms with Gasteiger partial charge in [0.05, 0.1) is 12.3 Å². The lowest BCUT2D eigenvalue weighted by Crippen LogP contribution is -2.58.